The van der Waals surface area contributed by atoms with Crippen LogP contribution >= 0.6 is 12.4 Å². The molecule has 1 unspecified atom stereocenters. The number of aromatic nitrogens is 2. The van der Waals surface area contributed by atoms with Gasteiger partial charge in [-0.15, -0.1) is 12.4 Å². The van der Waals surface area contributed by atoms with Crippen LogP contribution in [0.25, 0.3) is 0 Å². The second-order valence-electron chi connectivity index (χ2n) is 3.97. The highest BCUT2D eigenvalue weighted by molar-refractivity contribution is 5.92. The molecule has 0 aromatic carbocycles. The third-order valence-corrected chi connectivity index (χ3v) is 2.84. The number of H-pyrrole nitrogens is 1. The molecule has 1 aliphatic rings. The van der Waals surface area contributed by atoms with Crippen LogP contribution in [0.2, 0.25) is 0 Å². The van der Waals surface area contributed by atoms with E-state index in [2.05, 4.69) is 10.2 Å². The lowest BCUT2D eigenvalue weighted by molar-refractivity contribution is 0.0735. The minimum Gasteiger partial charge on any atom is -0.333 e. The van der Waals surface area contributed by atoms with Crippen LogP contribution in [0.3, 0.4) is 0 Å². The monoisotopic (exact) mass is 244 g/mol. The summed E-state index contributed by atoms with van der Waals surface area (Å²) >= 11 is 0. The van der Waals surface area contributed by atoms with Crippen molar-refractivity contribution >= 4 is 18.3 Å². The maximum Gasteiger partial charge on any atom is 0.274 e. The number of nitrogens with zero attached hydrogens (tertiary/aromatic N) is 2. The normalized spacial score (nSPS) is 19.6. The summed E-state index contributed by atoms with van der Waals surface area (Å²) in [5, 5.41) is 6.75. The van der Waals surface area contributed by atoms with E-state index in [9.17, 15) is 4.79 Å². The molecule has 1 aromatic rings. The molecule has 6 heteroatoms. The lowest BCUT2D eigenvalue weighted by Gasteiger charge is -2.22. The molecule has 2 heterocycles. The number of hydrogen-bond donors (Lipinski definition) is 2. The largest absolute Gasteiger partial charge is 0.333 e. The Kier molecular flexibility index (Phi) is 4.32. The minimum absolute atomic E-state index is 0. The van der Waals surface area contributed by atoms with E-state index < -0.39 is 0 Å². The van der Waals surface area contributed by atoms with Crippen molar-refractivity contribution in [3.8, 4) is 0 Å². The number of nitrogens with two attached hydrogens (primary N) is 1. The van der Waals surface area contributed by atoms with Crippen LogP contribution in [0, 0.1) is 6.92 Å². The van der Waals surface area contributed by atoms with E-state index in [1.807, 2.05) is 11.8 Å². The molecule has 1 aromatic heterocycles. The molecule has 3 N–H and O–H groups in total. The fraction of sp³-hybridized carbons (Fsp3) is 0.600. The number of amides is 1. The molecule has 16 heavy (non-hydrogen) atoms. The van der Waals surface area contributed by atoms with E-state index >= 15 is 0 Å². The second kappa shape index (κ2) is 5.32. The molecule has 1 saturated heterocycles. The molecular weight excluding hydrogens is 228 g/mol. The smallest absolute Gasteiger partial charge is 0.274 e. The standard InChI is InChI=1S/C10H16N4O.ClH/c1-7-5-9(13-12-7)10(15)14-4-2-3-8(14)6-11;/h5,8H,2-4,6,11H2,1H3,(H,12,13);1H. The maximum absolute atomic E-state index is 12.0. The van der Waals surface area contributed by atoms with Gasteiger partial charge >= 0.3 is 0 Å². The third kappa shape index (κ3) is 2.36. The first-order valence-electron chi connectivity index (χ1n) is 5.25. The zero-order valence-electron chi connectivity index (χ0n) is 9.27. The molecule has 1 amide bonds. The van der Waals surface area contributed by atoms with Crippen molar-refractivity contribution in [3.05, 3.63) is 17.5 Å². The maximum atomic E-state index is 12.0. The van der Waals surface area contributed by atoms with E-state index in [-0.39, 0.29) is 24.4 Å². The molecule has 1 atom stereocenters. The number of aryl methyl sites for hydroxylation is 1. The summed E-state index contributed by atoms with van der Waals surface area (Å²) in [5.74, 6) is -0.00713. The fourth-order valence-corrected chi connectivity index (χ4v) is 2.02. The number of carbonyl (C=O) groups excluding carboxylic acids is 1. The summed E-state index contributed by atoms with van der Waals surface area (Å²) in [7, 11) is 0. The first-order valence-corrected chi connectivity index (χ1v) is 5.25. The number of aromatic amines is 1. The van der Waals surface area contributed by atoms with Crippen LogP contribution in [-0.2, 0) is 0 Å². The van der Waals surface area contributed by atoms with E-state index in [0.29, 0.717) is 12.2 Å². The molecular formula is C10H17ClN4O. The van der Waals surface area contributed by atoms with Gasteiger partial charge in [-0.2, -0.15) is 5.10 Å². The molecule has 1 aliphatic heterocycles. The van der Waals surface area contributed by atoms with Crippen LogP contribution in [0.1, 0.15) is 29.0 Å². The number of carbonyl (C=O) groups is 1. The fourth-order valence-electron chi connectivity index (χ4n) is 2.02. The van der Waals surface area contributed by atoms with Gasteiger partial charge in [0.05, 0.1) is 0 Å². The minimum atomic E-state index is -0.00713. The first kappa shape index (κ1) is 13.0. The SMILES string of the molecule is Cc1cc(C(=O)N2CCCC2CN)n[nH]1.Cl. The highest BCUT2D eigenvalue weighted by Gasteiger charge is 2.29. The Bertz CT molecular complexity index is 365. The van der Waals surface area contributed by atoms with Crippen molar-refractivity contribution in [3.63, 3.8) is 0 Å². The molecule has 2 rings (SSSR count). The highest BCUT2D eigenvalue weighted by atomic mass is 35.5. The Morgan fingerprint density at radius 3 is 3.06 bits per heavy atom. The van der Waals surface area contributed by atoms with Gasteiger partial charge in [-0.1, -0.05) is 0 Å². The summed E-state index contributed by atoms with van der Waals surface area (Å²) in [4.78, 5) is 13.8. The average Bonchev–Trinajstić information content (AvgIpc) is 2.84. The number of nitrogens with one attached hydrogen (secondary N) is 1. The lowest BCUT2D eigenvalue weighted by Crippen LogP contribution is -2.40. The van der Waals surface area contributed by atoms with Gasteiger partial charge in [0.1, 0.15) is 5.69 Å². The molecule has 0 spiro atoms. The number of hydrogen-bond acceptors (Lipinski definition) is 3. The summed E-state index contributed by atoms with van der Waals surface area (Å²) in [6.45, 7) is 3.22. The van der Waals surface area contributed by atoms with Crippen LogP contribution in [0.5, 0.6) is 0 Å². The van der Waals surface area contributed by atoms with Crippen molar-refractivity contribution in [2.45, 2.75) is 25.8 Å². The Labute approximate surface area is 101 Å². The summed E-state index contributed by atoms with van der Waals surface area (Å²) in [6, 6.07) is 1.96. The quantitative estimate of drug-likeness (QED) is 0.804. The molecule has 0 saturated carbocycles. The number of likely N-dealkylation sites (tertiary alicyclic amines) is 1. The van der Waals surface area contributed by atoms with Gasteiger partial charge in [-0.3, -0.25) is 9.89 Å². The van der Waals surface area contributed by atoms with Gasteiger partial charge < -0.3 is 10.6 Å². The van der Waals surface area contributed by atoms with Gasteiger partial charge in [-0.05, 0) is 25.8 Å². The zero-order valence-corrected chi connectivity index (χ0v) is 10.1. The van der Waals surface area contributed by atoms with Crippen molar-refractivity contribution in [2.24, 2.45) is 5.73 Å². The second-order valence-corrected chi connectivity index (χ2v) is 3.97. The Hall–Kier alpha value is -1.07. The molecule has 0 radical (unpaired) electrons. The Morgan fingerprint density at radius 1 is 1.75 bits per heavy atom. The zero-order chi connectivity index (χ0) is 10.8. The molecule has 1 fully saturated rings. The van der Waals surface area contributed by atoms with Gasteiger partial charge in [0.25, 0.3) is 5.91 Å². The summed E-state index contributed by atoms with van der Waals surface area (Å²) in [6.07, 6.45) is 2.04. The Balaban J connectivity index is 0.00000128. The van der Waals surface area contributed by atoms with E-state index in [4.69, 9.17) is 5.73 Å². The van der Waals surface area contributed by atoms with Crippen LogP contribution in [-0.4, -0.2) is 40.1 Å². The van der Waals surface area contributed by atoms with Crippen molar-refractivity contribution < 1.29 is 4.79 Å². The predicted molar refractivity (Wildman–Crippen MR) is 63.7 cm³/mol. The van der Waals surface area contributed by atoms with Gasteiger partial charge in [-0.25, -0.2) is 0 Å². The van der Waals surface area contributed by atoms with Gasteiger partial charge in [0, 0.05) is 24.8 Å². The average molecular weight is 245 g/mol. The lowest BCUT2D eigenvalue weighted by atomic mass is 10.2. The summed E-state index contributed by atoms with van der Waals surface area (Å²) < 4.78 is 0. The number of halogens is 1. The topological polar surface area (TPSA) is 75.0 Å². The highest BCUT2D eigenvalue weighted by Crippen LogP contribution is 2.18. The molecule has 0 bridgehead atoms. The molecule has 90 valence electrons. The van der Waals surface area contributed by atoms with Crippen LogP contribution < -0.4 is 5.73 Å². The third-order valence-electron chi connectivity index (χ3n) is 2.84. The number of rotatable bonds is 2. The Morgan fingerprint density at radius 2 is 2.50 bits per heavy atom. The molecule has 0 aliphatic carbocycles. The van der Waals surface area contributed by atoms with Crippen LogP contribution in [0.15, 0.2) is 6.07 Å². The van der Waals surface area contributed by atoms with E-state index in [1.165, 1.54) is 0 Å². The van der Waals surface area contributed by atoms with Crippen molar-refractivity contribution in [1.82, 2.24) is 15.1 Å². The van der Waals surface area contributed by atoms with E-state index in [0.717, 1.165) is 25.1 Å². The predicted octanol–water partition coefficient (Wildman–Crippen LogP) is 0.703. The molecule has 5 nitrogen and oxygen atoms in total. The van der Waals surface area contributed by atoms with Crippen molar-refractivity contribution in [2.75, 3.05) is 13.1 Å². The van der Waals surface area contributed by atoms with Crippen LogP contribution in [0.4, 0.5) is 0 Å². The van der Waals surface area contributed by atoms with Gasteiger partial charge in [0.2, 0.25) is 0 Å². The van der Waals surface area contributed by atoms with E-state index in [1.54, 1.807) is 6.07 Å². The summed E-state index contributed by atoms with van der Waals surface area (Å²) in [5.41, 5.74) is 7.02. The van der Waals surface area contributed by atoms with Gasteiger partial charge in [0.15, 0.2) is 0 Å². The van der Waals surface area contributed by atoms with Crippen molar-refractivity contribution in [1.29, 1.82) is 0 Å². The first-order chi connectivity index (χ1) is 7.22.